The minimum absolute atomic E-state index is 0.00287. The van der Waals surface area contributed by atoms with Gasteiger partial charge < -0.3 is 10.1 Å². The molecule has 1 fully saturated rings. The SMILES string of the molecule is C=C(NCC(F)(F)c1ccc(C)cc1C)C1=C(Oc2cccc(C3CC3)c2)C=NN(C)C1=C. The molecule has 0 spiro atoms. The van der Waals surface area contributed by atoms with Crippen LogP contribution in [0.5, 0.6) is 5.75 Å². The number of aryl methyl sites for hydroxylation is 2. The minimum Gasteiger partial charge on any atom is -0.455 e. The third-order valence-electron chi connectivity index (χ3n) is 6.01. The molecule has 0 amide bonds. The molecule has 0 saturated heterocycles. The van der Waals surface area contributed by atoms with Crippen LogP contribution in [0.3, 0.4) is 0 Å². The van der Waals surface area contributed by atoms with Gasteiger partial charge in [-0.3, -0.25) is 5.01 Å². The molecule has 2 aromatic carbocycles. The Bertz CT molecular complexity index is 1160. The molecule has 1 saturated carbocycles. The van der Waals surface area contributed by atoms with E-state index < -0.39 is 12.5 Å². The zero-order valence-corrected chi connectivity index (χ0v) is 19.3. The number of alkyl halides is 2. The average Bonchev–Trinajstić information content (AvgIpc) is 3.60. The number of halogens is 2. The van der Waals surface area contributed by atoms with Crippen LogP contribution in [-0.2, 0) is 5.92 Å². The molecule has 4 rings (SSSR count). The molecule has 0 atom stereocenters. The second kappa shape index (κ2) is 8.85. The summed E-state index contributed by atoms with van der Waals surface area (Å²) >= 11 is 0. The summed E-state index contributed by atoms with van der Waals surface area (Å²) in [6.45, 7) is 11.1. The highest BCUT2D eigenvalue weighted by atomic mass is 19.3. The van der Waals surface area contributed by atoms with E-state index in [1.165, 1.54) is 24.5 Å². The van der Waals surface area contributed by atoms with Crippen molar-refractivity contribution in [3.05, 3.63) is 101 Å². The number of allylic oxidation sites excluding steroid dienone is 1. The lowest BCUT2D eigenvalue weighted by atomic mass is 10.00. The van der Waals surface area contributed by atoms with E-state index in [9.17, 15) is 0 Å². The Morgan fingerprint density at radius 1 is 1.21 bits per heavy atom. The molecule has 1 heterocycles. The maximum atomic E-state index is 15.0. The Morgan fingerprint density at radius 3 is 2.67 bits per heavy atom. The summed E-state index contributed by atoms with van der Waals surface area (Å²) in [5.41, 5.74) is 4.07. The van der Waals surface area contributed by atoms with Gasteiger partial charge in [-0.15, -0.1) is 0 Å². The van der Waals surface area contributed by atoms with Crippen molar-refractivity contribution in [1.82, 2.24) is 10.3 Å². The Balaban J connectivity index is 1.55. The van der Waals surface area contributed by atoms with E-state index in [1.807, 2.05) is 25.1 Å². The largest absolute Gasteiger partial charge is 0.455 e. The van der Waals surface area contributed by atoms with Gasteiger partial charge in [-0.2, -0.15) is 13.9 Å². The molecular weight excluding hydrogens is 420 g/mol. The smallest absolute Gasteiger partial charge is 0.290 e. The molecule has 1 N–H and O–H groups in total. The molecule has 0 radical (unpaired) electrons. The zero-order valence-electron chi connectivity index (χ0n) is 19.3. The number of benzene rings is 2. The number of hydrazone groups is 1. The molecule has 2 aromatic rings. The fourth-order valence-electron chi connectivity index (χ4n) is 3.98. The number of likely N-dealkylation sites (N-methyl/N-ethyl adjacent to an activating group) is 1. The van der Waals surface area contributed by atoms with Crippen LogP contribution in [0, 0.1) is 13.8 Å². The van der Waals surface area contributed by atoms with Crippen molar-refractivity contribution >= 4 is 6.21 Å². The van der Waals surface area contributed by atoms with Gasteiger partial charge in [0.2, 0.25) is 0 Å². The topological polar surface area (TPSA) is 36.9 Å². The maximum Gasteiger partial charge on any atom is 0.290 e. The predicted octanol–water partition coefficient (Wildman–Crippen LogP) is 6.15. The number of nitrogens with zero attached hydrogens (tertiary/aromatic N) is 2. The van der Waals surface area contributed by atoms with Crippen LogP contribution < -0.4 is 10.1 Å². The Labute approximate surface area is 194 Å². The summed E-state index contributed by atoms with van der Waals surface area (Å²) in [5.74, 6) is -1.40. The summed E-state index contributed by atoms with van der Waals surface area (Å²) < 4.78 is 36.1. The predicted molar refractivity (Wildman–Crippen MR) is 128 cm³/mol. The molecule has 0 unspecified atom stereocenters. The van der Waals surface area contributed by atoms with E-state index in [0.29, 0.717) is 40.0 Å². The average molecular weight is 450 g/mol. The van der Waals surface area contributed by atoms with E-state index in [4.69, 9.17) is 4.74 Å². The Hall–Kier alpha value is -3.41. The van der Waals surface area contributed by atoms with Gasteiger partial charge in [0.1, 0.15) is 5.75 Å². The van der Waals surface area contributed by atoms with Crippen LogP contribution in [0.4, 0.5) is 8.78 Å². The van der Waals surface area contributed by atoms with Gasteiger partial charge in [-0.1, -0.05) is 49.1 Å². The van der Waals surface area contributed by atoms with E-state index in [1.54, 1.807) is 37.3 Å². The van der Waals surface area contributed by atoms with Crippen molar-refractivity contribution in [2.24, 2.45) is 5.10 Å². The molecule has 1 aliphatic carbocycles. The third-order valence-corrected chi connectivity index (χ3v) is 6.01. The van der Waals surface area contributed by atoms with Crippen molar-refractivity contribution in [3.8, 4) is 5.75 Å². The molecule has 1 aliphatic heterocycles. The molecule has 172 valence electrons. The first kappa shape index (κ1) is 22.8. The molecule has 2 aliphatic rings. The molecule has 4 nitrogen and oxygen atoms in total. The number of hydrogen-bond donors (Lipinski definition) is 1. The fourth-order valence-corrected chi connectivity index (χ4v) is 3.98. The van der Waals surface area contributed by atoms with E-state index in [-0.39, 0.29) is 5.56 Å². The minimum atomic E-state index is -3.07. The first-order chi connectivity index (χ1) is 15.7. The lowest BCUT2D eigenvalue weighted by Crippen LogP contribution is -2.33. The van der Waals surface area contributed by atoms with Crippen LogP contribution in [0.1, 0.15) is 41.0 Å². The van der Waals surface area contributed by atoms with Gasteiger partial charge in [0.15, 0.2) is 5.76 Å². The quantitative estimate of drug-likeness (QED) is 0.525. The fraction of sp³-hybridized carbons (Fsp3) is 0.296. The van der Waals surface area contributed by atoms with Gasteiger partial charge in [0.05, 0.1) is 24.0 Å². The summed E-state index contributed by atoms with van der Waals surface area (Å²) in [6.07, 6.45) is 3.94. The molecule has 0 aromatic heterocycles. The van der Waals surface area contributed by atoms with E-state index in [0.717, 1.165) is 5.56 Å². The normalized spacial score (nSPS) is 16.3. The second-order valence-electron chi connectivity index (χ2n) is 8.76. The van der Waals surface area contributed by atoms with Gasteiger partial charge in [0, 0.05) is 18.3 Å². The van der Waals surface area contributed by atoms with Crippen LogP contribution in [0.15, 0.2) is 83.5 Å². The summed E-state index contributed by atoms with van der Waals surface area (Å²) in [6, 6.07) is 12.9. The summed E-state index contributed by atoms with van der Waals surface area (Å²) in [5, 5.41) is 8.65. The number of ether oxygens (including phenoxy) is 1. The second-order valence-corrected chi connectivity index (χ2v) is 8.76. The van der Waals surface area contributed by atoms with Crippen molar-refractivity contribution < 1.29 is 13.5 Å². The molecular formula is C27H29F2N3O. The van der Waals surface area contributed by atoms with Gasteiger partial charge >= 0.3 is 0 Å². The van der Waals surface area contributed by atoms with Crippen LogP contribution in [0.2, 0.25) is 0 Å². The first-order valence-corrected chi connectivity index (χ1v) is 11.0. The highest BCUT2D eigenvalue weighted by Crippen LogP contribution is 2.41. The molecule has 33 heavy (non-hydrogen) atoms. The summed E-state index contributed by atoms with van der Waals surface area (Å²) in [7, 11) is 1.74. The number of hydrogen-bond acceptors (Lipinski definition) is 4. The van der Waals surface area contributed by atoms with Gasteiger partial charge in [-0.25, -0.2) is 0 Å². The molecule has 0 bridgehead atoms. The first-order valence-electron chi connectivity index (χ1n) is 11.0. The highest BCUT2D eigenvalue weighted by molar-refractivity contribution is 5.82. The lowest BCUT2D eigenvalue weighted by Gasteiger charge is -2.28. The standard InChI is InChI=1S/C27H29F2N3O/c1-17-9-12-24(18(2)13-17)27(28,29)16-30-19(3)26-20(4)32(5)31-15-25(26)33-23-8-6-7-22(14-23)21-10-11-21/h6-9,12-15,21,30H,3-4,10-11,16H2,1-2,5H3. The Kier molecular flexibility index (Phi) is 6.11. The van der Waals surface area contributed by atoms with Crippen LogP contribution >= 0.6 is 0 Å². The van der Waals surface area contributed by atoms with Crippen molar-refractivity contribution in [2.45, 2.75) is 38.5 Å². The van der Waals surface area contributed by atoms with E-state index >= 15 is 8.78 Å². The van der Waals surface area contributed by atoms with Crippen LogP contribution in [0.25, 0.3) is 0 Å². The van der Waals surface area contributed by atoms with E-state index in [2.05, 4.69) is 29.6 Å². The van der Waals surface area contributed by atoms with Gasteiger partial charge in [-0.05, 0) is 55.9 Å². The number of rotatable bonds is 8. The Morgan fingerprint density at radius 2 is 1.97 bits per heavy atom. The van der Waals surface area contributed by atoms with Crippen LogP contribution in [-0.4, -0.2) is 24.8 Å². The van der Waals surface area contributed by atoms with Crippen molar-refractivity contribution in [3.63, 3.8) is 0 Å². The van der Waals surface area contributed by atoms with Gasteiger partial charge in [0.25, 0.3) is 5.92 Å². The monoisotopic (exact) mass is 449 g/mol. The number of nitrogens with one attached hydrogen (secondary N) is 1. The zero-order chi connectivity index (χ0) is 23.8. The highest BCUT2D eigenvalue weighted by Gasteiger charge is 2.34. The van der Waals surface area contributed by atoms with Crippen molar-refractivity contribution in [2.75, 3.05) is 13.6 Å². The molecule has 6 heteroatoms. The van der Waals surface area contributed by atoms with Crippen molar-refractivity contribution in [1.29, 1.82) is 0 Å². The third kappa shape index (κ3) is 5.00. The maximum absolute atomic E-state index is 15.0. The summed E-state index contributed by atoms with van der Waals surface area (Å²) in [4.78, 5) is 0. The lowest BCUT2D eigenvalue weighted by molar-refractivity contribution is -0.00125.